The number of carbonyl (C=O) groups is 1. The van der Waals surface area contributed by atoms with Gasteiger partial charge in [0.1, 0.15) is 5.75 Å². The number of aromatic nitrogens is 2. The fourth-order valence-electron chi connectivity index (χ4n) is 2.17. The van der Waals surface area contributed by atoms with Gasteiger partial charge in [0.15, 0.2) is 0 Å². The van der Waals surface area contributed by atoms with E-state index in [4.69, 9.17) is 4.42 Å². The maximum absolute atomic E-state index is 12.6. The molecule has 0 aliphatic heterocycles. The van der Waals surface area contributed by atoms with Crippen LogP contribution in [0, 0.1) is 0 Å². The zero-order chi connectivity index (χ0) is 21.2. The zero-order valence-electron chi connectivity index (χ0n) is 14.0. The van der Waals surface area contributed by atoms with Crippen molar-refractivity contribution in [3.05, 3.63) is 59.7 Å². The molecule has 0 aliphatic rings. The average Bonchev–Trinajstić information content (AvgIpc) is 3.09. The molecular weight excluding hydrogens is 408 g/mol. The Hall–Kier alpha value is -3.57. The van der Waals surface area contributed by atoms with Gasteiger partial charge in [-0.15, -0.1) is 18.3 Å². The van der Waals surface area contributed by atoms with Crippen LogP contribution in [0.25, 0.3) is 11.5 Å². The van der Waals surface area contributed by atoms with Gasteiger partial charge >= 0.3 is 18.6 Å². The van der Waals surface area contributed by atoms with Gasteiger partial charge in [-0.25, -0.2) is 0 Å². The smallest absolute Gasteiger partial charge is 0.406 e. The third-order valence-electron chi connectivity index (χ3n) is 3.45. The summed E-state index contributed by atoms with van der Waals surface area (Å²) in [6.45, 7) is 0. The molecule has 0 unspecified atom stereocenters. The zero-order valence-corrected chi connectivity index (χ0v) is 14.0. The fourth-order valence-corrected chi connectivity index (χ4v) is 2.17. The maximum atomic E-state index is 12.6. The number of amides is 1. The lowest BCUT2D eigenvalue weighted by Crippen LogP contribution is -2.17. The largest absolute Gasteiger partial charge is 0.573 e. The predicted octanol–water partition coefficient (Wildman–Crippen LogP) is 4.91. The number of rotatable bonds is 4. The molecule has 0 spiro atoms. The van der Waals surface area contributed by atoms with Crippen LogP contribution in [0.3, 0.4) is 0 Å². The van der Waals surface area contributed by atoms with Crippen molar-refractivity contribution in [2.45, 2.75) is 12.5 Å². The van der Waals surface area contributed by atoms with E-state index in [-0.39, 0.29) is 23.0 Å². The first-order valence-corrected chi connectivity index (χ1v) is 7.69. The van der Waals surface area contributed by atoms with E-state index in [9.17, 15) is 31.1 Å². The van der Waals surface area contributed by atoms with Gasteiger partial charge in [0.25, 0.3) is 5.91 Å². The minimum absolute atomic E-state index is 0.0196. The number of carbonyl (C=O) groups excluding carboxylic acids is 1. The first-order chi connectivity index (χ1) is 13.5. The number of nitrogens with zero attached hydrogens (tertiary/aromatic N) is 2. The number of anilines is 1. The lowest BCUT2D eigenvalue weighted by atomic mass is 10.1. The van der Waals surface area contributed by atoms with Crippen LogP contribution in [-0.2, 0) is 6.18 Å². The molecule has 1 N–H and O–H groups in total. The molecule has 2 aromatic carbocycles. The Labute approximate surface area is 158 Å². The Morgan fingerprint density at radius 2 is 1.52 bits per heavy atom. The maximum Gasteiger partial charge on any atom is 0.573 e. The summed E-state index contributed by atoms with van der Waals surface area (Å²) in [5.41, 5.74) is -0.680. The normalized spacial score (nSPS) is 11.9. The predicted molar refractivity (Wildman–Crippen MR) is 85.8 cm³/mol. The van der Waals surface area contributed by atoms with Crippen LogP contribution >= 0.6 is 0 Å². The summed E-state index contributed by atoms with van der Waals surface area (Å²) < 4.78 is 83.0. The summed E-state index contributed by atoms with van der Waals surface area (Å²) in [5, 5.41) is 9.40. The summed E-state index contributed by atoms with van der Waals surface area (Å²) in [4.78, 5) is 12.1. The van der Waals surface area contributed by atoms with E-state index in [2.05, 4.69) is 20.3 Å². The van der Waals surface area contributed by atoms with Crippen LogP contribution in [0.2, 0.25) is 0 Å². The molecule has 6 nitrogen and oxygen atoms in total. The van der Waals surface area contributed by atoms with Crippen molar-refractivity contribution in [2.75, 3.05) is 5.32 Å². The molecule has 0 fully saturated rings. The SMILES string of the molecule is O=C(Nc1nnc(-c2ccc(C(F)(F)F)cc2)o1)c1ccc(OC(F)(F)F)cc1. The minimum Gasteiger partial charge on any atom is -0.406 e. The molecule has 12 heteroatoms. The molecular formula is C17H9F6N3O3. The Bertz CT molecular complexity index is 995. The molecule has 0 saturated carbocycles. The van der Waals surface area contributed by atoms with Crippen molar-refractivity contribution in [1.82, 2.24) is 10.2 Å². The number of ether oxygens (including phenoxy) is 1. The Kier molecular flexibility index (Phi) is 5.18. The quantitative estimate of drug-likeness (QED) is 0.611. The van der Waals surface area contributed by atoms with Gasteiger partial charge in [0.05, 0.1) is 5.56 Å². The summed E-state index contributed by atoms with van der Waals surface area (Å²) >= 11 is 0. The van der Waals surface area contributed by atoms with Gasteiger partial charge in [-0.05, 0) is 48.5 Å². The summed E-state index contributed by atoms with van der Waals surface area (Å²) in [7, 11) is 0. The fraction of sp³-hybridized carbons (Fsp3) is 0.118. The van der Waals surface area contributed by atoms with Crippen molar-refractivity contribution >= 4 is 11.9 Å². The van der Waals surface area contributed by atoms with Gasteiger partial charge in [0.2, 0.25) is 5.89 Å². The van der Waals surface area contributed by atoms with E-state index in [1.807, 2.05) is 0 Å². The van der Waals surface area contributed by atoms with Crippen LogP contribution in [0.4, 0.5) is 32.4 Å². The molecule has 152 valence electrons. The van der Waals surface area contributed by atoms with Crippen molar-refractivity contribution in [1.29, 1.82) is 0 Å². The molecule has 1 amide bonds. The van der Waals surface area contributed by atoms with E-state index in [0.29, 0.717) is 0 Å². The molecule has 3 rings (SSSR count). The molecule has 1 heterocycles. The van der Waals surface area contributed by atoms with Crippen molar-refractivity contribution in [2.24, 2.45) is 0 Å². The van der Waals surface area contributed by atoms with Gasteiger partial charge in [-0.3, -0.25) is 10.1 Å². The minimum atomic E-state index is -4.86. The van der Waals surface area contributed by atoms with E-state index in [1.54, 1.807) is 0 Å². The molecule has 1 aromatic heterocycles. The van der Waals surface area contributed by atoms with Gasteiger partial charge in [0, 0.05) is 11.1 Å². The number of halogens is 6. The standard InChI is InChI=1S/C17H9F6N3O3/c18-16(19,20)11-5-1-10(2-6-11)14-25-26-15(28-14)24-13(27)9-3-7-12(8-4-9)29-17(21,22)23/h1-8H,(H,24,26,27). The second kappa shape index (κ2) is 7.45. The van der Waals surface area contributed by atoms with E-state index >= 15 is 0 Å². The van der Waals surface area contributed by atoms with Crippen molar-refractivity contribution in [3.8, 4) is 17.2 Å². The average molecular weight is 417 g/mol. The number of benzene rings is 2. The highest BCUT2D eigenvalue weighted by atomic mass is 19.4. The Morgan fingerprint density at radius 1 is 0.897 bits per heavy atom. The first kappa shape index (κ1) is 20.2. The van der Waals surface area contributed by atoms with E-state index < -0.39 is 29.8 Å². The highest BCUT2D eigenvalue weighted by Crippen LogP contribution is 2.31. The molecule has 0 radical (unpaired) electrons. The van der Waals surface area contributed by atoms with E-state index in [0.717, 1.165) is 48.5 Å². The van der Waals surface area contributed by atoms with Crippen molar-refractivity contribution < 1.29 is 40.3 Å². The molecule has 3 aromatic rings. The van der Waals surface area contributed by atoms with Gasteiger partial charge in [-0.1, -0.05) is 5.10 Å². The van der Waals surface area contributed by atoms with Crippen LogP contribution in [0.1, 0.15) is 15.9 Å². The second-order valence-corrected chi connectivity index (χ2v) is 5.51. The number of hydrogen-bond acceptors (Lipinski definition) is 5. The van der Waals surface area contributed by atoms with Crippen LogP contribution in [-0.4, -0.2) is 22.5 Å². The Morgan fingerprint density at radius 3 is 2.07 bits per heavy atom. The molecule has 29 heavy (non-hydrogen) atoms. The summed E-state index contributed by atoms with van der Waals surface area (Å²) in [5.74, 6) is -1.40. The number of hydrogen-bond donors (Lipinski definition) is 1. The van der Waals surface area contributed by atoms with Crippen LogP contribution in [0.5, 0.6) is 5.75 Å². The lowest BCUT2D eigenvalue weighted by molar-refractivity contribution is -0.274. The highest BCUT2D eigenvalue weighted by molar-refractivity contribution is 6.03. The van der Waals surface area contributed by atoms with Gasteiger partial charge in [-0.2, -0.15) is 13.2 Å². The molecule has 0 aliphatic carbocycles. The third kappa shape index (κ3) is 5.24. The number of alkyl halides is 6. The molecule has 0 atom stereocenters. The lowest BCUT2D eigenvalue weighted by Gasteiger charge is -2.08. The molecule has 0 saturated heterocycles. The first-order valence-electron chi connectivity index (χ1n) is 7.69. The third-order valence-corrected chi connectivity index (χ3v) is 3.45. The molecule has 0 bridgehead atoms. The monoisotopic (exact) mass is 417 g/mol. The Balaban J connectivity index is 1.67. The summed E-state index contributed by atoms with van der Waals surface area (Å²) in [6, 6.07) is 7.65. The van der Waals surface area contributed by atoms with Crippen LogP contribution in [0.15, 0.2) is 52.9 Å². The van der Waals surface area contributed by atoms with E-state index in [1.165, 1.54) is 0 Å². The second-order valence-electron chi connectivity index (χ2n) is 5.51. The van der Waals surface area contributed by atoms with Crippen molar-refractivity contribution in [3.63, 3.8) is 0 Å². The topological polar surface area (TPSA) is 77.3 Å². The summed E-state index contributed by atoms with van der Waals surface area (Å²) in [6.07, 6.45) is -9.35. The highest BCUT2D eigenvalue weighted by Gasteiger charge is 2.31. The van der Waals surface area contributed by atoms with Crippen LogP contribution < -0.4 is 10.1 Å². The number of nitrogens with one attached hydrogen (secondary N) is 1. The van der Waals surface area contributed by atoms with Gasteiger partial charge < -0.3 is 9.15 Å².